The van der Waals surface area contributed by atoms with Crippen molar-refractivity contribution in [1.82, 2.24) is 14.8 Å². The van der Waals surface area contributed by atoms with Crippen LogP contribution < -0.4 is 10.1 Å². The molecule has 0 fully saturated rings. The molecule has 3 aromatic rings. The number of nitrogens with zero attached hydrogens (tertiary/aromatic N) is 3. The van der Waals surface area contributed by atoms with Crippen LogP contribution in [0, 0.1) is 10.5 Å². The van der Waals surface area contributed by atoms with E-state index in [-0.39, 0.29) is 11.7 Å². The van der Waals surface area contributed by atoms with Crippen molar-refractivity contribution in [3.05, 3.63) is 51.6 Å². The van der Waals surface area contributed by atoms with Crippen LogP contribution in [0.15, 0.2) is 47.6 Å². The molecule has 0 atom stereocenters. The molecule has 140 valence electrons. The highest BCUT2D eigenvalue weighted by molar-refractivity contribution is 14.1. The standard InChI is InChI=1S/C19H19IN4O2S/c1-12-10-13(20)8-9-15(12)21-17(25)11-27-19-23-22-18(24(19)2)14-6-4-5-7-16(14)26-3/h4-10H,11H2,1-3H3,(H,21,25). The third-order valence-electron chi connectivity index (χ3n) is 3.98. The van der Waals surface area contributed by atoms with Crippen LogP contribution in [-0.2, 0) is 11.8 Å². The van der Waals surface area contributed by atoms with Gasteiger partial charge in [0.05, 0.1) is 18.4 Å². The molecule has 0 aliphatic rings. The van der Waals surface area contributed by atoms with Crippen molar-refractivity contribution < 1.29 is 9.53 Å². The molecule has 0 spiro atoms. The minimum atomic E-state index is -0.0776. The quantitative estimate of drug-likeness (QED) is 0.412. The van der Waals surface area contributed by atoms with Gasteiger partial charge in [-0.25, -0.2) is 0 Å². The highest BCUT2D eigenvalue weighted by Crippen LogP contribution is 2.30. The van der Waals surface area contributed by atoms with E-state index in [1.54, 1.807) is 7.11 Å². The molecule has 1 amide bonds. The van der Waals surface area contributed by atoms with Crippen molar-refractivity contribution in [3.8, 4) is 17.1 Å². The van der Waals surface area contributed by atoms with E-state index in [4.69, 9.17) is 4.74 Å². The van der Waals surface area contributed by atoms with Gasteiger partial charge in [0.25, 0.3) is 0 Å². The number of nitrogens with one attached hydrogen (secondary N) is 1. The van der Waals surface area contributed by atoms with Crippen LogP contribution in [0.1, 0.15) is 5.56 Å². The Morgan fingerprint density at radius 1 is 1.26 bits per heavy atom. The molecule has 0 aliphatic carbocycles. The number of halogens is 1. The minimum Gasteiger partial charge on any atom is -0.496 e. The molecule has 0 saturated carbocycles. The summed E-state index contributed by atoms with van der Waals surface area (Å²) in [6.07, 6.45) is 0. The number of anilines is 1. The predicted octanol–water partition coefficient (Wildman–Crippen LogP) is 4.13. The number of para-hydroxylation sites is 1. The molecule has 1 heterocycles. The molecular weight excluding hydrogens is 475 g/mol. The number of ether oxygens (including phenoxy) is 1. The second-order valence-corrected chi connectivity index (χ2v) is 8.05. The first kappa shape index (κ1) is 19.7. The minimum absolute atomic E-state index is 0.0776. The molecule has 6 nitrogen and oxygen atoms in total. The van der Waals surface area contributed by atoms with Crippen molar-refractivity contribution in [3.63, 3.8) is 0 Å². The fraction of sp³-hybridized carbons (Fsp3) is 0.211. The first-order valence-corrected chi connectivity index (χ1v) is 10.3. The molecule has 0 bridgehead atoms. The topological polar surface area (TPSA) is 69.0 Å². The maximum atomic E-state index is 12.3. The van der Waals surface area contributed by atoms with E-state index in [9.17, 15) is 4.79 Å². The van der Waals surface area contributed by atoms with Gasteiger partial charge in [-0.3, -0.25) is 4.79 Å². The van der Waals surface area contributed by atoms with Gasteiger partial charge in [-0.2, -0.15) is 0 Å². The lowest BCUT2D eigenvalue weighted by Crippen LogP contribution is -2.15. The molecule has 2 aromatic carbocycles. The summed E-state index contributed by atoms with van der Waals surface area (Å²) in [5.41, 5.74) is 2.73. The van der Waals surface area contributed by atoms with Crippen molar-refractivity contribution in [2.45, 2.75) is 12.1 Å². The smallest absolute Gasteiger partial charge is 0.234 e. The average molecular weight is 494 g/mol. The first-order chi connectivity index (χ1) is 13.0. The zero-order chi connectivity index (χ0) is 19.4. The van der Waals surface area contributed by atoms with E-state index in [0.29, 0.717) is 11.0 Å². The molecule has 0 aliphatic heterocycles. The van der Waals surface area contributed by atoms with Crippen LogP contribution >= 0.6 is 34.4 Å². The summed E-state index contributed by atoms with van der Waals surface area (Å²) in [7, 11) is 3.51. The van der Waals surface area contributed by atoms with Gasteiger partial charge in [0.1, 0.15) is 5.75 Å². The van der Waals surface area contributed by atoms with E-state index in [2.05, 4.69) is 38.1 Å². The number of thioether (sulfide) groups is 1. The number of aromatic nitrogens is 3. The summed E-state index contributed by atoms with van der Waals surface area (Å²) < 4.78 is 8.40. The van der Waals surface area contributed by atoms with Crippen molar-refractivity contribution in [2.75, 3.05) is 18.2 Å². The van der Waals surface area contributed by atoms with E-state index < -0.39 is 0 Å². The Kier molecular flexibility index (Phi) is 6.38. The highest BCUT2D eigenvalue weighted by Gasteiger charge is 2.16. The Morgan fingerprint density at radius 2 is 2.04 bits per heavy atom. The van der Waals surface area contributed by atoms with E-state index in [0.717, 1.165) is 26.1 Å². The number of hydrogen-bond acceptors (Lipinski definition) is 5. The number of methoxy groups -OCH3 is 1. The van der Waals surface area contributed by atoms with Gasteiger partial charge in [0.2, 0.25) is 5.91 Å². The van der Waals surface area contributed by atoms with Gasteiger partial charge in [-0.05, 0) is 65.4 Å². The third kappa shape index (κ3) is 4.62. The number of aryl methyl sites for hydroxylation is 1. The van der Waals surface area contributed by atoms with E-state index in [1.165, 1.54) is 11.8 Å². The molecule has 0 saturated heterocycles. The molecule has 1 aromatic heterocycles. The lowest BCUT2D eigenvalue weighted by molar-refractivity contribution is -0.113. The highest BCUT2D eigenvalue weighted by atomic mass is 127. The van der Waals surface area contributed by atoms with Gasteiger partial charge < -0.3 is 14.6 Å². The summed E-state index contributed by atoms with van der Waals surface area (Å²) in [5.74, 6) is 1.61. The largest absolute Gasteiger partial charge is 0.496 e. The van der Waals surface area contributed by atoms with Crippen molar-refractivity contribution in [1.29, 1.82) is 0 Å². The maximum Gasteiger partial charge on any atom is 0.234 e. The summed E-state index contributed by atoms with van der Waals surface area (Å²) in [6, 6.07) is 13.6. The number of carbonyl (C=O) groups excluding carboxylic acids is 1. The molecule has 3 rings (SSSR count). The zero-order valence-electron chi connectivity index (χ0n) is 15.2. The van der Waals surface area contributed by atoms with E-state index in [1.807, 2.05) is 61.0 Å². The molecule has 1 N–H and O–H groups in total. The lowest BCUT2D eigenvalue weighted by Gasteiger charge is -2.09. The van der Waals surface area contributed by atoms with Crippen LogP contribution in [-0.4, -0.2) is 33.5 Å². The molecule has 0 radical (unpaired) electrons. The van der Waals surface area contributed by atoms with Crippen LogP contribution in [0.4, 0.5) is 5.69 Å². The summed E-state index contributed by atoms with van der Waals surface area (Å²) in [6.45, 7) is 1.98. The fourth-order valence-corrected chi connectivity index (χ4v) is 3.95. The van der Waals surface area contributed by atoms with E-state index >= 15 is 0 Å². The Hall–Kier alpha value is -2.07. The Balaban J connectivity index is 1.68. The van der Waals surface area contributed by atoms with Gasteiger partial charge in [-0.15, -0.1) is 10.2 Å². The summed E-state index contributed by atoms with van der Waals surface area (Å²) in [4.78, 5) is 12.3. The normalized spacial score (nSPS) is 10.7. The van der Waals surface area contributed by atoms with Crippen LogP contribution in [0.25, 0.3) is 11.4 Å². The Bertz CT molecular complexity index is 974. The van der Waals surface area contributed by atoms with Crippen LogP contribution in [0.5, 0.6) is 5.75 Å². The number of rotatable bonds is 6. The number of hydrogen-bond donors (Lipinski definition) is 1. The Morgan fingerprint density at radius 3 is 2.78 bits per heavy atom. The SMILES string of the molecule is COc1ccccc1-c1nnc(SCC(=O)Nc2ccc(I)cc2C)n1C. The monoisotopic (exact) mass is 494 g/mol. The number of amides is 1. The predicted molar refractivity (Wildman–Crippen MR) is 116 cm³/mol. The van der Waals surface area contributed by atoms with Crippen molar-refractivity contribution >= 4 is 45.9 Å². The summed E-state index contributed by atoms with van der Waals surface area (Å²) in [5, 5.41) is 12.1. The summed E-state index contributed by atoms with van der Waals surface area (Å²) >= 11 is 3.60. The van der Waals surface area contributed by atoms with Gasteiger partial charge in [0, 0.05) is 16.3 Å². The number of carbonyl (C=O) groups is 1. The van der Waals surface area contributed by atoms with Crippen LogP contribution in [0.3, 0.4) is 0 Å². The van der Waals surface area contributed by atoms with Gasteiger partial charge in [0.15, 0.2) is 11.0 Å². The van der Waals surface area contributed by atoms with Crippen LogP contribution in [0.2, 0.25) is 0 Å². The average Bonchev–Trinajstić information content (AvgIpc) is 3.02. The second-order valence-electron chi connectivity index (χ2n) is 5.86. The van der Waals surface area contributed by atoms with Gasteiger partial charge >= 0.3 is 0 Å². The third-order valence-corrected chi connectivity index (χ3v) is 5.67. The molecule has 27 heavy (non-hydrogen) atoms. The maximum absolute atomic E-state index is 12.3. The second kappa shape index (κ2) is 8.75. The zero-order valence-corrected chi connectivity index (χ0v) is 18.2. The van der Waals surface area contributed by atoms with Crippen molar-refractivity contribution in [2.24, 2.45) is 7.05 Å². The first-order valence-electron chi connectivity index (χ1n) is 8.21. The Labute approximate surface area is 175 Å². The molecule has 8 heteroatoms. The van der Waals surface area contributed by atoms with Gasteiger partial charge in [-0.1, -0.05) is 23.9 Å². The molecular formula is C19H19IN4O2S. The fourth-order valence-electron chi connectivity index (χ4n) is 2.59. The number of benzene rings is 2. The lowest BCUT2D eigenvalue weighted by atomic mass is 10.2. The molecule has 0 unspecified atom stereocenters.